The molecule has 0 rings (SSSR count). The van der Waals surface area contributed by atoms with E-state index in [2.05, 4.69) is 0 Å². The summed E-state index contributed by atoms with van der Waals surface area (Å²) in [4.78, 5) is 11.3. The molecule has 0 aromatic heterocycles. The molecule has 1 N–H and O–H groups in total. The fourth-order valence-electron chi connectivity index (χ4n) is 0.532. The third-order valence-electron chi connectivity index (χ3n) is 1.53. The zero-order valence-corrected chi connectivity index (χ0v) is 9.47. The molecule has 0 aliphatic rings. The van der Waals surface area contributed by atoms with Gasteiger partial charge in [0.05, 0.1) is 0 Å². The summed E-state index contributed by atoms with van der Waals surface area (Å²) in [6.07, 6.45) is 0.385. The molecule has 0 saturated heterocycles. The zero-order chi connectivity index (χ0) is 9.99. The van der Waals surface area contributed by atoms with Crippen molar-refractivity contribution in [2.24, 2.45) is 0 Å². The van der Waals surface area contributed by atoms with Crippen molar-refractivity contribution in [1.29, 1.82) is 0 Å². The third kappa shape index (κ3) is 3.87. The maximum absolute atomic E-state index is 11.3. The van der Waals surface area contributed by atoms with Crippen LogP contribution in [0.3, 0.4) is 0 Å². The van der Waals surface area contributed by atoms with Crippen LogP contribution in [0.5, 0.6) is 0 Å². The van der Waals surface area contributed by atoms with Gasteiger partial charge in [0.15, 0.2) is 5.60 Å². The second kappa shape index (κ2) is 3.58. The van der Waals surface area contributed by atoms with Crippen LogP contribution < -0.4 is 0 Å². The predicted molar refractivity (Wildman–Crippen MR) is 50.4 cm³/mol. The number of hydrogen-bond donors (Lipinski definition) is 1. The van der Waals surface area contributed by atoms with Gasteiger partial charge in [-0.05, 0) is 33.0 Å². The van der Waals surface area contributed by atoms with Crippen LogP contribution in [-0.2, 0) is 9.22 Å². The summed E-state index contributed by atoms with van der Waals surface area (Å²) in [5.74, 6) is -0.496. The Morgan fingerprint density at radius 2 is 1.92 bits per heavy atom. The van der Waals surface area contributed by atoms with Gasteiger partial charge in [-0.25, -0.2) is 0 Å². The molecule has 0 radical (unpaired) electrons. The second-order valence-electron chi connectivity index (χ2n) is 4.13. The molecule has 1 atom stereocenters. The van der Waals surface area contributed by atoms with Gasteiger partial charge in [0, 0.05) is 0 Å². The number of carbonyl (C=O) groups is 1. The van der Waals surface area contributed by atoms with E-state index in [4.69, 9.17) is 4.43 Å². The summed E-state index contributed by atoms with van der Waals surface area (Å²) in [5.41, 5.74) is -1.32. The Morgan fingerprint density at radius 1 is 1.50 bits per heavy atom. The minimum atomic E-state index is -1.86. The Kier molecular flexibility index (Phi) is 3.47. The van der Waals surface area contributed by atoms with E-state index in [-0.39, 0.29) is 0 Å². The topological polar surface area (TPSA) is 46.5 Å². The first-order valence-corrected chi connectivity index (χ1v) is 7.55. The van der Waals surface area contributed by atoms with Crippen molar-refractivity contribution in [1.82, 2.24) is 0 Å². The van der Waals surface area contributed by atoms with Gasteiger partial charge in [-0.15, -0.1) is 0 Å². The highest BCUT2D eigenvalue weighted by Gasteiger charge is 2.33. The van der Waals surface area contributed by atoms with Gasteiger partial charge in [0.2, 0.25) is 8.32 Å². The van der Waals surface area contributed by atoms with E-state index in [0.717, 1.165) is 0 Å². The summed E-state index contributed by atoms with van der Waals surface area (Å²) in [7, 11) is -1.86. The molecular formula is C8H18O3Si. The molecule has 0 bridgehead atoms. The number of carbonyl (C=O) groups excluding carboxylic acids is 1. The molecule has 0 aliphatic heterocycles. The first-order chi connectivity index (χ1) is 5.19. The lowest BCUT2D eigenvalue weighted by Crippen LogP contribution is -2.42. The maximum atomic E-state index is 11.3. The molecule has 0 fully saturated rings. The standard InChI is InChI=1S/C8H18O3Si/c1-6-8(2,10)7(9)11-12(3,4)5/h10H,6H2,1-5H3. The van der Waals surface area contributed by atoms with Crippen LogP contribution in [0.1, 0.15) is 20.3 Å². The van der Waals surface area contributed by atoms with Gasteiger partial charge in [-0.3, -0.25) is 4.79 Å². The predicted octanol–water partition coefficient (Wildman–Crippen LogP) is 1.53. The third-order valence-corrected chi connectivity index (χ3v) is 2.32. The summed E-state index contributed by atoms with van der Waals surface area (Å²) >= 11 is 0. The molecule has 0 saturated carbocycles. The van der Waals surface area contributed by atoms with Crippen LogP contribution in [0, 0.1) is 0 Å². The van der Waals surface area contributed by atoms with Crippen LogP contribution in [0.4, 0.5) is 0 Å². The normalized spacial score (nSPS) is 16.8. The Balaban J connectivity index is 4.23. The van der Waals surface area contributed by atoms with E-state index in [1.54, 1.807) is 6.92 Å². The monoisotopic (exact) mass is 190 g/mol. The minimum Gasteiger partial charge on any atom is -0.518 e. The van der Waals surface area contributed by atoms with Crippen LogP contribution in [-0.4, -0.2) is 25.0 Å². The highest BCUT2D eigenvalue weighted by atomic mass is 28.4. The molecule has 0 spiro atoms. The smallest absolute Gasteiger partial charge is 0.324 e. The fourth-order valence-corrected chi connectivity index (χ4v) is 1.31. The average molecular weight is 190 g/mol. The van der Waals surface area contributed by atoms with Gasteiger partial charge in [-0.2, -0.15) is 0 Å². The van der Waals surface area contributed by atoms with Crippen molar-refractivity contribution in [3.8, 4) is 0 Å². The van der Waals surface area contributed by atoms with Crippen LogP contribution in [0.2, 0.25) is 19.6 Å². The van der Waals surface area contributed by atoms with Crippen LogP contribution in [0.25, 0.3) is 0 Å². The molecule has 0 aromatic rings. The zero-order valence-electron chi connectivity index (χ0n) is 8.47. The highest BCUT2D eigenvalue weighted by Crippen LogP contribution is 2.14. The van der Waals surface area contributed by atoms with E-state index < -0.39 is 19.9 Å². The summed E-state index contributed by atoms with van der Waals surface area (Å²) in [6.45, 7) is 8.98. The van der Waals surface area contributed by atoms with E-state index in [0.29, 0.717) is 6.42 Å². The first-order valence-electron chi connectivity index (χ1n) is 4.15. The molecule has 0 aromatic carbocycles. The maximum Gasteiger partial charge on any atom is 0.324 e. The van der Waals surface area contributed by atoms with Crippen molar-refractivity contribution >= 4 is 14.3 Å². The molecule has 1 unspecified atom stereocenters. The summed E-state index contributed by atoms with van der Waals surface area (Å²) in [5, 5.41) is 9.50. The molecule has 3 nitrogen and oxygen atoms in total. The number of rotatable bonds is 3. The van der Waals surface area contributed by atoms with Crippen molar-refractivity contribution in [3.63, 3.8) is 0 Å². The Hall–Kier alpha value is -0.353. The Labute approximate surface area is 74.9 Å². The van der Waals surface area contributed by atoms with Gasteiger partial charge in [-0.1, -0.05) is 6.92 Å². The Morgan fingerprint density at radius 3 is 2.17 bits per heavy atom. The molecule has 0 heterocycles. The van der Waals surface area contributed by atoms with Gasteiger partial charge < -0.3 is 9.53 Å². The summed E-state index contributed by atoms with van der Waals surface area (Å²) < 4.78 is 5.14. The van der Waals surface area contributed by atoms with Gasteiger partial charge >= 0.3 is 5.97 Å². The van der Waals surface area contributed by atoms with E-state index in [9.17, 15) is 9.90 Å². The summed E-state index contributed by atoms with van der Waals surface area (Å²) in [6, 6.07) is 0. The van der Waals surface area contributed by atoms with Crippen molar-refractivity contribution < 1.29 is 14.3 Å². The molecule has 12 heavy (non-hydrogen) atoms. The largest absolute Gasteiger partial charge is 0.518 e. The molecule has 0 aliphatic carbocycles. The van der Waals surface area contributed by atoms with Crippen LogP contribution in [0.15, 0.2) is 0 Å². The lowest BCUT2D eigenvalue weighted by Gasteiger charge is -2.25. The fraction of sp³-hybridized carbons (Fsp3) is 0.875. The lowest BCUT2D eigenvalue weighted by atomic mass is 10.1. The second-order valence-corrected chi connectivity index (χ2v) is 8.56. The minimum absolute atomic E-state index is 0.385. The quantitative estimate of drug-likeness (QED) is 0.686. The molecular weight excluding hydrogens is 172 g/mol. The molecule has 72 valence electrons. The van der Waals surface area contributed by atoms with Crippen molar-refractivity contribution in [2.75, 3.05) is 0 Å². The van der Waals surface area contributed by atoms with Crippen molar-refractivity contribution in [2.45, 2.75) is 45.5 Å². The van der Waals surface area contributed by atoms with Gasteiger partial charge in [0.25, 0.3) is 0 Å². The van der Waals surface area contributed by atoms with Gasteiger partial charge in [0.1, 0.15) is 0 Å². The first kappa shape index (κ1) is 11.6. The van der Waals surface area contributed by atoms with E-state index in [1.807, 2.05) is 19.6 Å². The number of aliphatic hydroxyl groups is 1. The lowest BCUT2D eigenvalue weighted by molar-refractivity contribution is -0.154. The number of hydrogen-bond acceptors (Lipinski definition) is 3. The Bertz CT molecular complexity index is 170. The molecule has 4 heteroatoms. The molecule has 0 amide bonds. The van der Waals surface area contributed by atoms with Crippen LogP contribution >= 0.6 is 0 Å². The van der Waals surface area contributed by atoms with Crippen molar-refractivity contribution in [3.05, 3.63) is 0 Å². The average Bonchev–Trinajstić information content (AvgIpc) is 1.84. The van der Waals surface area contributed by atoms with E-state index in [1.165, 1.54) is 6.92 Å². The SMILES string of the molecule is CCC(C)(O)C(=O)O[Si](C)(C)C. The highest BCUT2D eigenvalue weighted by molar-refractivity contribution is 6.71. The van der Waals surface area contributed by atoms with E-state index >= 15 is 0 Å².